The standard InChI is InChI=1S/C11H12FNO2S/c1-15-2-3-16(14)8-10-4-9(7-13)5-11(12)6-10/h4-6H,2-3,8H2,1H3. The summed E-state index contributed by atoms with van der Waals surface area (Å²) in [4.78, 5) is 0. The van der Waals surface area contributed by atoms with Gasteiger partial charge in [-0.05, 0) is 23.8 Å². The molecule has 0 fully saturated rings. The minimum absolute atomic E-state index is 0.246. The highest BCUT2D eigenvalue weighted by molar-refractivity contribution is 7.84. The summed E-state index contributed by atoms with van der Waals surface area (Å²) in [6.07, 6.45) is 0. The first-order valence-electron chi connectivity index (χ1n) is 4.69. The maximum absolute atomic E-state index is 13.0. The van der Waals surface area contributed by atoms with E-state index < -0.39 is 16.6 Å². The lowest BCUT2D eigenvalue weighted by molar-refractivity contribution is 0.218. The Morgan fingerprint density at radius 3 is 2.88 bits per heavy atom. The van der Waals surface area contributed by atoms with Crippen molar-refractivity contribution in [1.82, 2.24) is 0 Å². The third-order valence-corrected chi connectivity index (χ3v) is 3.21. The molecule has 0 aliphatic rings. The first-order chi connectivity index (χ1) is 7.65. The van der Waals surface area contributed by atoms with E-state index in [1.54, 1.807) is 6.07 Å². The van der Waals surface area contributed by atoms with Crippen LogP contribution in [0.1, 0.15) is 11.1 Å². The van der Waals surface area contributed by atoms with E-state index in [0.29, 0.717) is 17.9 Å². The van der Waals surface area contributed by atoms with Gasteiger partial charge in [0.1, 0.15) is 5.82 Å². The molecule has 0 saturated carbocycles. The molecule has 1 aromatic carbocycles. The number of nitriles is 1. The molecule has 0 heterocycles. The van der Waals surface area contributed by atoms with Gasteiger partial charge in [0.15, 0.2) is 0 Å². The average Bonchev–Trinajstić information content (AvgIpc) is 2.25. The van der Waals surface area contributed by atoms with Crippen LogP contribution in [0.2, 0.25) is 0 Å². The van der Waals surface area contributed by atoms with Crippen molar-refractivity contribution in [2.24, 2.45) is 0 Å². The lowest BCUT2D eigenvalue weighted by atomic mass is 10.1. The van der Waals surface area contributed by atoms with Crippen LogP contribution in [0.5, 0.6) is 0 Å². The maximum atomic E-state index is 13.0. The van der Waals surface area contributed by atoms with Crippen molar-refractivity contribution in [2.45, 2.75) is 5.75 Å². The molecule has 0 saturated heterocycles. The second-order valence-corrected chi connectivity index (χ2v) is 4.82. The molecular formula is C11H12FNO2S. The summed E-state index contributed by atoms with van der Waals surface area (Å²) in [5, 5.41) is 8.65. The molecule has 1 rings (SSSR count). The van der Waals surface area contributed by atoms with Crippen LogP contribution < -0.4 is 0 Å². The van der Waals surface area contributed by atoms with E-state index in [2.05, 4.69) is 0 Å². The van der Waals surface area contributed by atoms with Crippen LogP contribution in [0.3, 0.4) is 0 Å². The number of methoxy groups -OCH3 is 1. The van der Waals surface area contributed by atoms with Crippen LogP contribution in [-0.2, 0) is 21.3 Å². The minimum atomic E-state index is -1.09. The molecule has 3 nitrogen and oxygen atoms in total. The molecule has 0 aliphatic carbocycles. The SMILES string of the molecule is COCCS(=O)Cc1cc(F)cc(C#N)c1. The molecule has 1 atom stereocenters. The van der Waals surface area contributed by atoms with Gasteiger partial charge in [-0.2, -0.15) is 5.26 Å². The maximum Gasteiger partial charge on any atom is 0.124 e. The number of ether oxygens (including phenoxy) is 1. The normalized spacial score (nSPS) is 12.1. The predicted octanol–water partition coefficient (Wildman–Crippen LogP) is 1.59. The van der Waals surface area contributed by atoms with Crippen molar-refractivity contribution in [2.75, 3.05) is 19.5 Å². The molecule has 0 N–H and O–H groups in total. The zero-order valence-electron chi connectivity index (χ0n) is 8.90. The van der Waals surface area contributed by atoms with Gasteiger partial charge in [0.2, 0.25) is 0 Å². The number of hydrogen-bond donors (Lipinski definition) is 0. The molecule has 5 heteroatoms. The summed E-state index contributed by atoms with van der Waals surface area (Å²) in [7, 11) is 0.444. The van der Waals surface area contributed by atoms with Crippen LogP contribution in [-0.4, -0.2) is 23.7 Å². The Morgan fingerprint density at radius 1 is 1.50 bits per heavy atom. The van der Waals surface area contributed by atoms with Gasteiger partial charge in [-0.25, -0.2) is 4.39 Å². The lowest BCUT2D eigenvalue weighted by Crippen LogP contribution is -2.06. The van der Waals surface area contributed by atoms with Crippen LogP contribution in [0.15, 0.2) is 18.2 Å². The zero-order valence-corrected chi connectivity index (χ0v) is 9.72. The van der Waals surface area contributed by atoms with E-state index in [1.807, 2.05) is 6.07 Å². The summed E-state index contributed by atoms with van der Waals surface area (Å²) in [6.45, 7) is 0.410. The molecular weight excluding hydrogens is 229 g/mol. The summed E-state index contributed by atoms with van der Waals surface area (Å²) in [5.74, 6) is 0.183. The third kappa shape index (κ3) is 4.09. The molecule has 86 valence electrons. The second kappa shape index (κ2) is 6.36. The van der Waals surface area contributed by atoms with E-state index in [-0.39, 0.29) is 11.3 Å². The Labute approximate surface area is 96.3 Å². The molecule has 0 radical (unpaired) electrons. The smallest absolute Gasteiger partial charge is 0.124 e. The fourth-order valence-corrected chi connectivity index (χ4v) is 2.27. The summed E-state index contributed by atoms with van der Waals surface area (Å²) < 4.78 is 29.3. The first-order valence-corrected chi connectivity index (χ1v) is 6.18. The van der Waals surface area contributed by atoms with E-state index in [1.165, 1.54) is 13.2 Å². The van der Waals surface area contributed by atoms with Gasteiger partial charge in [-0.3, -0.25) is 4.21 Å². The topological polar surface area (TPSA) is 50.1 Å². The van der Waals surface area contributed by atoms with Gasteiger partial charge in [-0.15, -0.1) is 0 Å². The van der Waals surface area contributed by atoms with Gasteiger partial charge < -0.3 is 4.74 Å². The molecule has 1 unspecified atom stereocenters. The van der Waals surface area contributed by atoms with Crippen molar-refractivity contribution >= 4 is 10.8 Å². The molecule has 16 heavy (non-hydrogen) atoms. The zero-order chi connectivity index (χ0) is 12.0. The van der Waals surface area contributed by atoms with Gasteiger partial charge in [-0.1, -0.05) is 0 Å². The number of benzene rings is 1. The van der Waals surface area contributed by atoms with E-state index in [4.69, 9.17) is 10.00 Å². The highest BCUT2D eigenvalue weighted by atomic mass is 32.2. The Bertz CT molecular complexity index is 428. The van der Waals surface area contributed by atoms with Crippen LogP contribution >= 0.6 is 0 Å². The van der Waals surface area contributed by atoms with Crippen molar-refractivity contribution in [3.63, 3.8) is 0 Å². The first kappa shape index (κ1) is 12.8. The lowest BCUT2D eigenvalue weighted by Gasteiger charge is -2.03. The fraction of sp³-hybridized carbons (Fsp3) is 0.364. The van der Waals surface area contributed by atoms with E-state index in [0.717, 1.165) is 6.07 Å². The molecule has 0 amide bonds. The van der Waals surface area contributed by atoms with Gasteiger partial charge in [0.05, 0.1) is 18.2 Å². The minimum Gasteiger partial charge on any atom is -0.384 e. The number of hydrogen-bond acceptors (Lipinski definition) is 3. The molecule has 0 aromatic heterocycles. The van der Waals surface area contributed by atoms with E-state index in [9.17, 15) is 8.60 Å². The monoisotopic (exact) mass is 241 g/mol. The van der Waals surface area contributed by atoms with Crippen LogP contribution in [0.4, 0.5) is 4.39 Å². The number of rotatable bonds is 5. The van der Waals surface area contributed by atoms with Crippen LogP contribution in [0.25, 0.3) is 0 Å². The Kier molecular flexibility index (Phi) is 5.09. The number of nitrogens with zero attached hydrogens (tertiary/aromatic N) is 1. The van der Waals surface area contributed by atoms with Gasteiger partial charge >= 0.3 is 0 Å². The third-order valence-electron chi connectivity index (χ3n) is 1.93. The predicted molar refractivity (Wildman–Crippen MR) is 59.7 cm³/mol. The van der Waals surface area contributed by atoms with E-state index >= 15 is 0 Å². The summed E-state index contributed by atoms with van der Waals surface area (Å²) in [5.41, 5.74) is 0.824. The Morgan fingerprint density at radius 2 is 2.25 bits per heavy atom. The average molecular weight is 241 g/mol. The Hall–Kier alpha value is -1.25. The second-order valence-electron chi connectivity index (χ2n) is 3.24. The number of halogens is 1. The molecule has 0 spiro atoms. The molecule has 0 bridgehead atoms. The highest BCUT2D eigenvalue weighted by Crippen LogP contribution is 2.10. The summed E-state index contributed by atoms with van der Waals surface area (Å²) >= 11 is 0. The molecule has 0 aliphatic heterocycles. The van der Waals surface area contributed by atoms with Gasteiger partial charge in [0.25, 0.3) is 0 Å². The Balaban J connectivity index is 2.70. The largest absolute Gasteiger partial charge is 0.384 e. The van der Waals surface area contributed by atoms with Crippen molar-refractivity contribution in [3.05, 3.63) is 35.1 Å². The van der Waals surface area contributed by atoms with Crippen LogP contribution in [0, 0.1) is 17.1 Å². The van der Waals surface area contributed by atoms with Crippen molar-refractivity contribution in [1.29, 1.82) is 5.26 Å². The molecule has 1 aromatic rings. The van der Waals surface area contributed by atoms with Crippen molar-refractivity contribution in [3.8, 4) is 6.07 Å². The summed E-state index contributed by atoms with van der Waals surface area (Å²) in [6, 6.07) is 5.86. The van der Waals surface area contributed by atoms with Crippen molar-refractivity contribution < 1.29 is 13.3 Å². The highest BCUT2D eigenvalue weighted by Gasteiger charge is 2.05. The van der Waals surface area contributed by atoms with Gasteiger partial charge in [0, 0.05) is 29.4 Å². The quantitative estimate of drug-likeness (QED) is 0.786. The fourth-order valence-electron chi connectivity index (χ4n) is 1.23.